The van der Waals surface area contributed by atoms with Gasteiger partial charge in [-0.05, 0) is 18.6 Å². The van der Waals surface area contributed by atoms with Gasteiger partial charge in [0.1, 0.15) is 11.9 Å². The molecule has 0 amide bonds. The van der Waals surface area contributed by atoms with Crippen LogP contribution >= 0.6 is 0 Å². The fourth-order valence-electron chi connectivity index (χ4n) is 2.33. The van der Waals surface area contributed by atoms with Crippen molar-refractivity contribution >= 4 is 5.69 Å². The molecule has 5 nitrogen and oxygen atoms in total. The van der Waals surface area contributed by atoms with E-state index in [2.05, 4.69) is 18.1 Å². The van der Waals surface area contributed by atoms with Crippen LogP contribution in [-0.2, 0) is 13.0 Å². The fraction of sp³-hybridized carbons (Fsp3) is 0.286. The van der Waals surface area contributed by atoms with Gasteiger partial charge in [-0.1, -0.05) is 17.7 Å². The van der Waals surface area contributed by atoms with Gasteiger partial charge in [-0.25, -0.2) is 4.68 Å². The zero-order valence-corrected chi connectivity index (χ0v) is 10.7. The topological polar surface area (TPSA) is 70.1 Å². The Hall–Kier alpha value is -2.30. The molecule has 1 atom stereocenters. The molecule has 19 heavy (non-hydrogen) atoms. The lowest BCUT2D eigenvalue weighted by Gasteiger charge is -2.11. The summed E-state index contributed by atoms with van der Waals surface area (Å²) in [6.07, 6.45) is 2.23. The average Bonchev–Trinajstić information content (AvgIpc) is 2.74. The van der Waals surface area contributed by atoms with Gasteiger partial charge in [0.25, 0.3) is 5.56 Å². The van der Waals surface area contributed by atoms with E-state index in [4.69, 9.17) is 10.5 Å². The van der Waals surface area contributed by atoms with Gasteiger partial charge in [-0.3, -0.25) is 4.79 Å². The summed E-state index contributed by atoms with van der Waals surface area (Å²) in [7, 11) is 0. The lowest BCUT2D eigenvalue weighted by Crippen LogP contribution is -2.30. The molecular formula is C14H15N3O2. The largest absolute Gasteiger partial charge is 0.488 e. The van der Waals surface area contributed by atoms with Crippen molar-refractivity contribution in [2.75, 3.05) is 5.73 Å². The Kier molecular flexibility index (Phi) is 2.74. The molecule has 5 heteroatoms. The van der Waals surface area contributed by atoms with E-state index in [1.165, 1.54) is 28.1 Å². The predicted molar refractivity (Wildman–Crippen MR) is 72.2 cm³/mol. The molecule has 3 rings (SSSR count). The molecule has 0 aliphatic carbocycles. The zero-order chi connectivity index (χ0) is 13.4. The van der Waals surface area contributed by atoms with Gasteiger partial charge in [-0.2, -0.15) is 5.10 Å². The second kappa shape index (κ2) is 4.42. The van der Waals surface area contributed by atoms with Crippen molar-refractivity contribution in [3.05, 3.63) is 51.9 Å². The molecule has 2 aromatic rings. The maximum atomic E-state index is 11.7. The van der Waals surface area contributed by atoms with Crippen molar-refractivity contribution in [2.24, 2.45) is 0 Å². The van der Waals surface area contributed by atoms with Gasteiger partial charge in [0.05, 0.1) is 18.4 Å². The van der Waals surface area contributed by atoms with E-state index in [9.17, 15) is 4.79 Å². The van der Waals surface area contributed by atoms with Gasteiger partial charge in [0.2, 0.25) is 0 Å². The molecule has 1 aromatic heterocycles. The Balaban J connectivity index is 1.78. The Morgan fingerprint density at radius 2 is 2.32 bits per heavy atom. The van der Waals surface area contributed by atoms with Crippen LogP contribution in [0, 0.1) is 6.92 Å². The molecular weight excluding hydrogens is 242 g/mol. The van der Waals surface area contributed by atoms with E-state index in [1.54, 1.807) is 0 Å². The number of hydrogen-bond acceptors (Lipinski definition) is 4. The lowest BCUT2D eigenvalue weighted by atomic mass is 10.1. The van der Waals surface area contributed by atoms with Crippen molar-refractivity contribution in [2.45, 2.75) is 26.0 Å². The Morgan fingerprint density at radius 3 is 3.11 bits per heavy atom. The number of ether oxygens (including phenoxy) is 1. The van der Waals surface area contributed by atoms with Crippen LogP contribution in [0.2, 0.25) is 0 Å². The lowest BCUT2D eigenvalue weighted by molar-refractivity contribution is 0.200. The maximum absolute atomic E-state index is 11.7. The molecule has 1 unspecified atom stereocenters. The molecule has 0 fully saturated rings. The van der Waals surface area contributed by atoms with Gasteiger partial charge in [0, 0.05) is 12.5 Å². The van der Waals surface area contributed by atoms with E-state index in [-0.39, 0.29) is 11.7 Å². The number of anilines is 1. The quantitative estimate of drug-likeness (QED) is 0.875. The highest BCUT2D eigenvalue weighted by atomic mass is 16.5. The number of aromatic nitrogens is 2. The molecule has 0 radical (unpaired) electrons. The first-order valence-electron chi connectivity index (χ1n) is 6.20. The summed E-state index contributed by atoms with van der Waals surface area (Å²) < 4.78 is 7.21. The summed E-state index contributed by atoms with van der Waals surface area (Å²) in [4.78, 5) is 11.7. The Bertz CT molecular complexity index is 679. The third-order valence-corrected chi connectivity index (χ3v) is 3.22. The molecule has 0 saturated heterocycles. The minimum atomic E-state index is -0.198. The number of fused-ring (bicyclic) bond motifs is 1. The number of aryl methyl sites for hydroxylation is 1. The molecule has 2 N–H and O–H groups in total. The van der Waals surface area contributed by atoms with Crippen molar-refractivity contribution in [3.63, 3.8) is 0 Å². The molecule has 1 aliphatic heterocycles. The van der Waals surface area contributed by atoms with Gasteiger partial charge in [-0.15, -0.1) is 0 Å². The SMILES string of the molecule is Cc1ccc2c(c1)CC(Cn1ncc(N)cc1=O)O2. The number of rotatable bonds is 2. The fourth-order valence-corrected chi connectivity index (χ4v) is 2.33. The zero-order valence-electron chi connectivity index (χ0n) is 10.7. The first-order chi connectivity index (χ1) is 9.11. The monoisotopic (exact) mass is 257 g/mol. The van der Waals surface area contributed by atoms with Crippen LogP contribution in [0.15, 0.2) is 35.3 Å². The highest BCUT2D eigenvalue weighted by Crippen LogP contribution is 2.29. The van der Waals surface area contributed by atoms with E-state index in [0.29, 0.717) is 12.2 Å². The summed E-state index contributed by atoms with van der Waals surface area (Å²) >= 11 is 0. The van der Waals surface area contributed by atoms with Gasteiger partial charge < -0.3 is 10.5 Å². The minimum absolute atomic E-state index is 0.0503. The van der Waals surface area contributed by atoms with Crippen LogP contribution in [0.1, 0.15) is 11.1 Å². The standard InChI is InChI=1S/C14H15N3O2/c1-9-2-3-13-10(4-9)5-12(19-13)8-17-14(18)6-11(15)7-16-17/h2-4,6-7,12H,5,8,15H2,1H3. The summed E-state index contributed by atoms with van der Waals surface area (Å²) in [5, 5.41) is 4.02. The highest BCUT2D eigenvalue weighted by Gasteiger charge is 2.23. The number of nitrogen functional groups attached to an aromatic ring is 1. The van der Waals surface area contributed by atoms with Crippen molar-refractivity contribution in [1.82, 2.24) is 9.78 Å². The van der Waals surface area contributed by atoms with Crippen molar-refractivity contribution in [1.29, 1.82) is 0 Å². The summed E-state index contributed by atoms with van der Waals surface area (Å²) in [5.41, 5.74) is 8.10. The van der Waals surface area contributed by atoms with Crippen molar-refractivity contribution in [3.8, 4) is 5.75 Å². The van der Waals surface area contributed by atoms with Crippen LogP contribution in [0.5, 0.6) is 5.75 Å². The predicted octanol–water partition coefficient (Wildman–Crippen LogP) is 1.14. The number of nitrogens with zero attached hydrogens (tertiary/aromatic N) is 2. The maximum Gasteiger partial charge on any atom is 0.268 e. The molecule has 0 spiro atoms. The normalized spacial score (nSPS) is 17.0. The van der Waals surface area contributed by atoms with Gasteiger partial charge >= 0.3 is 0 Å². The first kappa shape index (κ1) is 11.8. The number of benzene rings is 1. The summed E-state index contributed by atoms with van der Waals surface area (Å²) in [6, 6.07) is 7.49. The van der Waals surface area contributed by atoms with Crippen LogP contribution < -0.4 is 16.0 Å². The smallest absolute Gasteiger partial charge is 0.268 e. The average molecular weight is 257 g/mol. The van der Waals surface area contributed by atoms with Crippen LogP contribution in [0.3, 0.4) is 0 Å². The molecule has 1 aromatic carbocycles. The van der Waals surface area contributed by atoms with E-state index in [0.717, 1.165) is 12.2 Å². The van der Waals surface area contributed by atoms with E-state index < -0.39 is 0 Å². The number of nitrogens with two attached hydrogens (primary N) is 1. The summed E-state index contributed by atoms with van der Waals surface area (Å²) in [6.45, 7) is 2.49. The van der Waals surface area contributed by atoms with Crippen LogP contribution in [0.25, 0.3) is 0 Å². The minimum Gasteiger partial charge on any atom is -0.488 e. The second-order valence-corrected chi connectivity index (χ2v) is 4.86. The molecule has 98 valence electrons. The summed E-state index contributed by atoms with van der Waals surface area (Å²) in [5.74, 6) is 0.902. The first-order valence-corrected chi connectivity index (χ1v) is 6.20. The van der Waals surface area contributed by atoms with Crippen LogP contribution in [0.4, 0.5) is 5.69 Å². The van der Waals surface area contributed by atoms with E-state index >= 15 is 0 Å². The van der Waals surface area contributed by atoms with Crippen molar-refractivity contribution < 1.29 is 4.74 Å². The Labute approximate surface area is 110 Å². The third kappa shape index (κ3) is 2.31. The molecule has 2 heterocycles. The van der Waals surface area contributed by atoms with Crippen LogP contribution in [-0.4, -0.2) is 15.9 Å². The van der Waals surface area contributed by atoms with E-state index in [1.807, 2.05) is 12.1 Å². The Morgan fingerprint density at radius 1 is 1.47 bits per heavy atom. The molecule has 1 aliphatic rings. The number of hydrogen-bond donors (Lipinski definition) is 1. The highest BCUT2D eigenvalue weighted by molar-refractivity contribution is 5.40. The molecule has 0 bridgehead atoms. The molecule has 0 saturated carbocycles. The third-order valence-electron chi connectivity index (χ3n) is 3.22. The second-order valence-electron chi connectivity index (χ2n) is 4.86. The van der Waals surface area contributed by atoms with Gasteiger partial charge in [0.15, 0.2) is 0 Å².